The van der Waals surface area contributed by atoms with Gasteiger partial charge in [0.05, 0.1) is 0 Å². The molecule has 0 atom stereocenters. The first-order valence-electron chi connectivity index (χ1n) is 4.22. The topological polar surface area (TPSA) is 12.5 Å². The van der Waals surface area contributed by atoms with Gasteiger partial charge in [-0.25, -0.2) is 0 Å². The van der Waals surface area contributed by atoms with Gasteiger partial charge in [0, 0.05) is 13.7 Å². The van der Waals surface area contributed by atoms with Gasteiger partial charge in [-0.1, -0.05) is 19.4 Å². The van der Waals surface area contributed by atoms with Crippen molar-refractivity contribution in [1.82, 2.24) is 4.90 Å². The first-order valence-corrected chi connectivity index (χ1v) is 4.22. The maximum absolute atomic E-state index is 5.36. The lowest BCUT2D eigenvalue weighted by atomic mass is 10.4. The lowest BCUT2D eigenvalue weighted by Gasteiger charge is -2.13. The Morgan fingerprint density at radius 1 is 1.45 bits per heavy atom. The van der Waals surface area contributed by atoms with Crippen LogP contribution in [0.5, 0.6) is 0 Å². The molecule has 0 heterocycles. The second-order valence-electron chi connectivity index (χ2n) is 2.63. The number of nitrogens with zero attached hydrogens (tertiary/aromatic N) is 1. The van der Waals surface area contributed by atoms with Crippen LogP contribution in [0.3, 0.4) is 0 Å². The fraction of sp³-hybridized carbons (Fsp3) is 0.778. The van der Waals surface area contributed by atoms with Gasteiger partial charge in [-0.05, 0) is 19.5 Å². The van der Waals surface area contributed by atoms with Crippen LogP contribution in [0.2, 0.25) is 0 Å². The molecule has 0 amide bonds. The molecule has 0 fully saturated rings. The molecule has 0 aliphatic carbocycles. The minimum absolute atomic E-state index is 0.699. The Hall–Kier alpha value is -0.500. The molecule has 11 heavy (non-hydrogen) atoms. The molecular weight excluding hydrogens is 138 g/mol. The largest absolute Gasteiger partial charge is 0.361 e. The lowest BCUT2D eigenvalue weighted by Crippen LogP contribution is -2.15. The van der Waals surface area contributed by atoms with Gasteiger partial charge < -0.3 is 9.64 Å². The lowest BCUT2D eigenvalue weighted by molar-refractivity contribution is 0.0643. The van der Waals surface area contributed by atoms with Crippen LogP contribution in [0.1, 0.15) is 26.7 Å². The van der Waals surface area contributed by atoms with Crippen LogP contribution < -0.4 is 0 Å². The zero-order chi connectivity index (χ0) is 8.53. The molecule has 0 aliphatic heterocycles. The quantitative estimate of drug-likeness (QED) is 0.433. The van der Waals surface area contributed by atoms with Gasteiger partial charge in [-0.3, -0.25) is 0 Å². The summed E-state index contributed by atoms with van der Waals surface area (Å²) in [6.07, 6.45) is 6.37. The number of hydrogen-bond donors (Lipinski definition) is 0. The SMILES string of the molecule is CC=CN(C)COCCCC. The molecule has 0 saturated heterocycles. The van der Waals surface area contributed by atoms with E-state index in [0.29, 0.717) is 6.73 Å². The van der Waals surface area contributed by atoms with Gasteiger partial charge in [0.15, 0.2) is 0 Å². The minimum atomic E-state index is 0.699. The van der Waals surface area contributed by atoms with E-state index in [-0.39, 0.29) is 0 Å². The molecule has 0 bridgehead atoms. The average molecular weight is 157 g/mol. The van der Waals surface area contributed by atoms with Crippen molar-refractivity contribution in [2.45, 2.75) is 26.7 Å². The summed E-state index contributed by atoms with van der Waals surface area (Å²) in [5.41, 5.74) is 0. The van der Waals surface area contributed by atoms with Gasteiger partial charge in [-0.2, -0.15) is 0 Å². The zero-order valence-corrected chi connectivity index (χ0v) is 7.84. The molecule has 0 aromatic heterocycles. The third kappa shape index (κ3) is 7.40. The third-order valence-corrected chi connectivity index (χ3v) is 1.34. The van der Waals surface area contributed by atoms with Gasteiger partial charge >= 0.3 is 0 Å². The number of allylic oxidation sites excluding steroid dienone is 1. The zero-order valence-electron chi connectivity index (χ0n) is 7.84. The summed E-state index contributed by atoms with van der Waals surface area (Å²) >= 11 is 0. The van der Waals surface area contributed by atoms with Crippen molar-refractivity contribution in [2.24, 2.45) is 0 Å². The summed E-state index contributed by atoms with van der Waals surface area (Å²) < 4.78 is 5.36. The summed E-state index contributed by atoms with van der Waals surface area (Å²) in [6.45, 7) is 5.74. The van der Waals surface area contributed by atoms with Gasteiger partial charge in [0.1, 0.15) is 6.73 Å². The van der Waals surface area contributed by atoms with Crippen LogP contribution in [0.4, 0.5) is 0 Å². The highest BCUT2D eigenvalue weighted by Gasteiger charge is 1.88. The molecule has 0 rings (SSSR count). The first kappa shape index (κ1) is 10.5. The van der Waals surface area contributed by atoms with Crippen LogP contribution in [-0.4, -0.2) is 25.3 Å². The number of unbranched alkanes of at least 4 members (excludes halogenated alkanes) is 1. The Morgan fingerprint density at radius 3 is 2.73 bits per heavy atom. The Morgan fingerprint density at radius 2 is 2.18 bits per heavy atom. The van der Waals surface area contributed by atoms with Gasteiger partial charge in [0.25, 0.3) is 0 Å². The Kier molecular flexibility index (Phi) is 7.26. The van der Waals surface area contributed by atoms with Crippen LogP contribution in [-0.2, 0) is 4.74 Å². The summed E-state index contributed by atoms with van der Waals surface area (Å²) in [6, 6.07) is 0. The predicted molar refractivity (Wildman–Crippen MR) is 48.3 cm³/mol. The van der Waals surface area contributed by atoms with E-state index in [4.69, 9.17) is 4.74 Å². The number of rotatable bonds is 6. The molecule has 0 spiro atoms. The molecule has 2 heteroatoms. The standard InChI is InChI=1S/C9H19NO/c1-4-6-8-11-9-10(3)7-5-2/h5,7H,4,6,8-9H2,1-3H3. The molecule has 0 aromatic carbocycles. The second-order valence-corrected chi connectivity index (χ2v) is 2.63. The fourth-order valence-electron chi connectivity index (χ4n) is 0.752. The van der Waals surface area contributed by atoms with Gasteiger partial charge in [-0.15, -0.1) is 0 Å². The van der Waals surface area contributed by atoms with Gasteiger partial charge in [0.2, 0.25) is 0 Å². The van der Waals surface area contributed by atoms with Crippen molar-refractivity contribution >= 4 is 0 Å². The molecule has 0 unspecified atom stereocenters. The van der Waals surface area contributed by atoms with Crippen LogP contribution in [0.25, 0.3) is 0 Å². The summed E-state index contributed by atoms with van der Waals surface area (Å²) in [5.74, 6) is 0. The first-order chi connectivity index (χ1) is 5.31. The summed E-state index contributed by atoms with van der Waals surface area (Å²) in [4.78, 5) is 2.02. The molecule has 0 aromatic rings. The number of ether oxygens (including phenoxy) is 1. The molecule has 66 valence electrons. The van der Waals surface area contributed by atoms with Crippen LogP contribution >= 0.6 is 0 Å². The van der Waals surface area contributed by atoms with E-state index in [9.17, 15) is 0 Å². The smallest absolute Gasteiger partial charge is 0.118 e. The van der Waals surface area contributed by atoms with Crippen molar-refractivity contribution in [3.8, 4) is 0 Å². The summed E-state index contributed by atoms with van der Waals surface area (Å²) in [5, 5.41) is 0. The molecular formula is C9H19NO. The predicted octanol–water partition coefficient (Wildman–Crippen LogP) is 2.23. The highest BCUT2D eigenvalue weighted by molar-refractivity contribution is 4.73. The molecule has 0 N–H and O–H groups in total. The third-order valence-electron chi connectivity index (χ3n) is 1.34. The van der Waals surface area contributed by atoms with E-state index in [1.165, 1.54) is 6.42 Å². The van der Waals surface area contributed by atoms with E-state index in [1.54, 1.807) is 0 Å². The second kappa shape index (κ2) is 7.61. The monoisotopic (exact) mass is 157 g/mol. The molecule has 0 aliphatic rings. The maximum Gasteiger partial charge on any atom is 0.118 e. The van der Waals surface area contributed by atoms with E-state index in [0.717, 1.165) is 13.0 Å². The molecule has 0 radical (unpaired) electrons. The van der Waals surface area contributed by atoms with Crippen molar-refractivity contribution in [3.63, 3.8) is 0 Å². The van der Waals surface area contributed by atoms with E-state index in [2.05, 4.69) is 6.92 Å². The van der Waals surface area contributed by atoms with Crippen molar-refractivity contribution in [2.75, 3.05) is 20.4 Å². The van der Waals surface area contributed by atoms with Crippen molar-refractivity contribution in [3.05, 3.63) is 12.3 Å². The number of hydrogen-bond acceptors (Lipinski definition) is 2. The molecule has 2 nitrogen and oxygen atoms in total. The Labute approximate surface area is 69.8 Å². The minimum Gasteiger partial charge on any atom is -0.361 e. The molecule has 0 saturated carbocycles. The van der Waals surface area contributed by atoms with E-state index < -0.39 is 0 Å². The van der Waals surface area contributed by atoms with Crippen molar-refractivity contribution < 1.29 is 4.74 Å². The van der Waals surface area contributed by atoms with E-state index in [1.807, 2.05) is 31.1 Å². The Balaban J connectivity index is 3.10. The Bertz CT molecular complexity index is 102. The fourth-order valence-corrected chi connectivity index (χ4v) is 0.752. The highest BCUT2D eigenvalue weighted by Crippen LogP contribution is 1.90. The average Bonchev–Trinajstić information content (AvgIpc) is 1.99. The van der Waals surface area contributed by atoms with Crippen LogP contribution in [0, 0.1) is 0 Å². The normalized spacial score (nSPS) is 10.8. The maximum atomic E-state index is 5.36. The van der Waals surface area contributed by atoms with Crippen molar-refractivity contribution in [1.29, 1.82) is 0 Å². The summed E-state index contributed by atoms with van der Waals surface area (Å²) in [7, 11) is 2.01. The van der Waals surface area contributed by atoms with E-state index >= 15 is 0 Å². The highest BCUT2D eigenvalue weighted by atomic mass is 16.5. The van der Waals surface area contributed by atoms with Crippen LogP contribution in [0.15, 0.2) is 12.3 Å².